The zero-order chi connectivity index (χ0) is 28.1. The number of anilines is 1. The molecule has 4 rings (SSSR count). The summed E-state index contributed by atoms with van der Waals surface area (Å²) in [4.78, 5) is 53.4. The minimum Gasteiger partial charge on any atom is -0.457 e. The SMILES string of the molecule is CC.CC(C)c1ccc(Oc2ccc(N3C(=O)c4cc(C=O)c(C(=O)N(C)C(C)C)cc4C3=O)cc2)cc1. The first kappa shape index (κ1) is 28.3. The number of carbonyl (C=O) groups excluding carboxylic acids is 4. The third kappa shape index (κ3) is 5.52. The molecule has 7 heteroatoms. The number of nitrogens with zero attached hydrogens (tertiary/aromatic N) is 2. The van der Waals surface area contributed by atoms with Gasteiger partial charge in [-0.3, -0.25) is 19.2 Å². The second-order valence-corrected chi connectivity index (χ2v) is 9.38. The molecular weight excluding hydrogens is 480 g/mol. The summed E-state index contributed by atoms with van der Waals surface area (Å²) in [7, 11) is 1.62. The van der Waals surface area contributed by atoms with Crippen LogP contribution >= 0.6 is 0 Å². The summed E-state index contributed by atoms with van der Waals surface area (Å²) >= 11 is 0. The maximum absolute atomic E-state index is 13.2. The van der Waals surface area contributed by atoms with E-state index in [9.17, 15) is 19.2 Å². The van der Waals surface area contributed by atoms with E-state index in [-0.39, 0.29) is 28.3 Å². The van der Waals surface area contributed by atoms with Gasteiger partial charge in [0.2, 0.25) is 0 Å². The van der Waals surface area contributed by atoms with Crippen molar-refractivity contribution >= 4 is 29.7 Å². The van der Waals surface area contributed by atoms with Crippen molar-refractivity contribution in [2.45, 2.75) is 53.5 Å². The highest BCUT2D eigenvalue weighted by Gasteiger charge is 2.38. The van der Waals surface area contributed by atoms with Crippen molar-refractivity contribution in [1.82, 2.24) is 4.90 Å². The molecule has 0 radical (unpaired) electrons. The molecule has 0 bridgehead atoms. The lowest BCUT2D eigenvalue weighted by atomic mass is 9.99. The highest BCUT2D eigenvalue weighted by atomic mass is 16.5. The van der Waals surface area contributed by atoms with E-state index in [1.807, 2.05) is 52.0 Å². The van der Waals surface area contributed by atoms with E-state index in [0.29, 0.717) is 29.4 Å². The van der Waals surface area contributed by atoms with Gasteiger partial charge in [-0.05, 0) is 73.9 Å². The Bertz CT molecular complexity index is 1340. The lowest BCUT2D eigenvalue weighted by molar-refractivity contribution is 0.0751. The minimum atomic E-state index is -0.549. The first-order valence-electron chi connectivity index (χ1n) is 12.8. The highest BCUT2D eigenvalue weighted by Crippen LogP contribution is 2.32. The fourth-order valence-electron chi connectivity index (χ4n) is 3.97. The lowest BCUT2D eigenvalue weighted by Crippen LogP contribution is -2.33. The molecule has 3 amide bonds. The third-order valence-corrected chi connectivity index (χ3v) is 6.39. The zero-order valence-electron chi connectivity index (χ0n) is 22.9. The van der Waals surface area contributed by atoms with Crippen LogP contribution in [0.15, 0.2) is 60.7 Å². The number of benzene rings is 3. The number of aldehydes is 1. The van der Waals surface area contributed by atoms with Crippen LogP contribution in [0.1, 0.15) is 94.5 Å². The van der Waals surface area contributed by atoms with Crippen molar-refractivity contribution in [2.24, 2.45) is 0 Å². The minimum absolute atomic E-state index is 0.0708. The second-order valence-electron chi connectivity index (χ2n) is 9.38. The van der Waals surface area contributed by atoms with E-state index in [1.54, 1.807) is 31.3 Å². The molecule has 0 fully saturated rings. The van der Waals surface area contributed by atoms with Crippen LogP contribution in [0.3, 0.4) is 0 Å². The van der Waals surface area contributed by atoms with Gasteiger partial charge < -0.3 is 9.64 Å². The number of ether oxygens (including phenoxy) is 1. The third-order valence-electron chi connectivity index (χ3n) is 6.39. The van der Waals surface area contributed by atoms with Crippen LogP contribution in [-0.4, -0.2) is 42.0 Å². The standard InChI is InChI=1S/C29H28N2O5.C2H6/c1-17(2)19-6-10-22(11-7-19)36-23-12-8-21(9-13-23)31-28(34)25-14-20(16-32)24(15-26(25)29(31)35)27(33)30(5)18(3)4;1-2/h6-18H,1-5H3;1-2H3. The van der Waals surface area contributed by atoms with Gasteiger partial charge in [-0.15, -0.1) is 0 Å². The maximum atomic E-state index is 13.2. The topological polar surface area (TPSA) is 84.0 Å². The summed E-state index contributed by atoms with van der Waals surface area (Å²) in [5.74, 6) is 0.166. The zero-order valence-corrected chi connectivity index (χ0v) is 22.9. The van der Waals surface area contributed by atoms with Gasteiger partial charge in [-0.2, -0.15) is 0 Å². The van der Waals surface area contributed by atoms with Crippen molar-refractivity contribution in [3.63, 3.8) is 0 Å². The number of rotatable bonds is 7. The van der Waals surface area contributed by atoms with Crippen LogP contribution in [0.4, 0.5) is 5.69 Å². The maximum Gasteiger partial charge on any atom is 0.266 e. The Labute approximate surface area is 224 Å². The van der Waals surface area contributed by atoms with E-state index in [4.69, 9.17) is 4.74 Å². The van der Waals surface area contributed by atoms with Gasteiger partial charge in [-0.25, -0.2) is 4.90 Å². The van der Waals surface area contributed by atoms with Gasteiger partial charge in [0.25, 0.3) is 17.7 Å². The molecule has 3 aromatic carbocycles. The number of carbonyl (C=O) groups is 4. The molecule has 1 heterocycles. The summed E-state index contributed by atoms with van der Waals surface area (Å²) < 4.78 is 5.89. The fraction of sp³-hybridized carbons (Fsp3) is 0.290. The van der Waals surface area contributed by atoms with Crippen molar-refractivity contribution in [3.8, 4) is 11.5 Å². The van der Waals surface area contributed by atoms with Crippen molar-refractivity contribution < 1.29 is 23.9 Å². The number of hydrogen-bond donors (Lipinski definition) is 0. The van der Waals surface area contributed by atoms with E-state index >= 15 is 0 Å². The first-order chi connectivity index (χ1) is 18.1. The normalized spacial score (nSPS) is 12.3. The van der Waals surface area contributed by atoms with Gasteiger partial charge in [0, 0.05) is 18.7 Å². The summed E-state index contributed by atoms with van der Waals surface area (Å²) in [5.41, 5.74) is 1.93. The molecule has 3 aromatic rings. The molecule has 1 aliphatic rings. The average Bonchev–Trinajstić information content (AvgIpc) is 3.17. The molecule has 198 valence electrons. The Morgan fingerprint density at radius 1 is 0.842 bits per heavy atom. The van der Waals surface area contributed by atoms with Gasteiger partial charge in [-0.1, -0.05) is 39.8 Å². The summed E-state index contributed by atoms with van der Waals surface area (Å²) in [6.07, 6.45) is 0.530. The molecule has 0 spiro atoms. The predicted octanol–water partition coefficient (Wildman–Crippen LogP) is 6.72. The second kappa shape index (κ2) is 11.9. The van der Waals surface area contributed by atoms with Crippen molar-refractivity contribution in [2.75, 3.05) is 11.9 Å². The van der Waals surface area contributed by atoms with Crippen LogP contribution in [0.25, 0.3) is 0 Å². The smallest absolute Gasteiger partial charge is 0.266 e. The van der Waals surface area contributed by atoms with Crippen LogP contribution in [0.5, 0.6) is 11.5 Å². The summed E-state index contributed by atoms with van der Waals surface area (Å²) in [5, 5.41) is 0. The number of amides is 3. The molecule has 1 aliphatic heterocycles. The molecule has 0 saturated heterocycles. The summed E-state index contributed by atoms with van der Waals surface area (Å²) in [6.45, 7) is 11.9. The van der Waals surface area contributed by atoms with Gasteiger partial charge in [0.15, 0.2) is 6.29 Å². The van der Waals surface area contributed by atoms with E-state index in [2.05, 4.69) is 13.8 Å². The Morgan fingerprint density at radius 2 is 1.34 bits per heavy atom. The first-order valence-corrected chi connectivity index (χ1v) is 12.8. The van der Waals surface area contributed by atoms with Gasteiger partial charge in [0.05, 0.1) is 22.4 Å². The van der Waals surface area contributed by atoms with Crippen molar-refractivity contribution in [1.29, 1.82) is 0 Å². The largest absolute Gasteiger partial charge is 0.457 e. The number of hydrogen-bond acceptors (Lipinski definition) is 5. The monoisotopic (exact) mass is 514 g/mol. The average molecular weight is 515 g/mol. The van der Waals surface area contributed by atoms with Crippen LogP contribution in [0, 0.1) is 0 Å². The Balaban J connectivity index is 0.00000195. The van der Waals surface area contributed by atoms with E-state index < -0.39 is 17.7 Å². The molecule has 0 aromatic heterocycles. The van der Waals surface area contributed by atoms with Gasteiger partial charge in [0.1, 0.15) is 11.5 Å². The number of fused-ring (bicyclic) bond motifs is 1. The Morgan fingerprint density at radius 3 is 1.82 bits per heavy atom. The molecule has 0 atom stereocenters. The molecule has 7 nitrogen and oxygen atoms in total. The summed E-state index contributed by atoms with van der Waals surface area (Å²) in [6, 6.07) is 17.0. The Kier molecular flexibility index (Phi) is 8.84. The molecule has 0 aliphatic carbocycles. The predicted molar refractivity (Wildman–Crippen MR) is 149 cm³/mol. The lowest BCUT2D eigenvalue weighted by Gasteiger charge is -2.22. The molecular formula is C31H34N2O5. The van der Waals surface area contributed by atoms with Crippen LogP contribution < -0.4 is 9.64 Å². The molecule has 0 saturated carbocycles. The highest BCUT2D eigenvalue weighted by molar-refractivity contribution is 6.35. The number of imide groups is 1. The molecule has 0 unspecified atom stereocenters. The van der Waals surface area contributed by atoms with Crippen LogP contribution in [-0.2, 0) is 0 Å². The Hall–Kier alpha value is -4.26. The van der Waals surface area contributed by atoms with E-state index in [0.717, 1.165) is 4.90 Å². The van der Waals surface area contributed by atoms with Crippen LogP contribution in [0.2, 0.25) is 0 Å². The van der Waals surface area contributed by atoms with Crippen molar-refractivity contribution in [3.05, 3.63) is 88.5 Å². The van der Waals surface area contributed by atoms with Gasteiger partial charge >= 0.3 is 0 Å². The van der Waals surface area contributed by atoms with E-state index in [1.165, 1.54) is 22.6 Å². The molecule has 38 heavy (non-hydrogen) atoms. The fourth-order valence-corrected chi connectivity index (χ4v) is 3.97. The molecule has 0 N–H and O–H groups in total. The quantitative estimate of drug-likeness (QED) is 0.258.